The number of rotatable bonds is 5. The van der Waals surface area contributed by atoms with Crippen LogP contribution >= 0.6 is 11.8 Å². The second-order valence-electron chi connectivity index (χ2n) is 6.38. The van der Waals surface area contributed by atoms with Gasteiger partial charge in [-0.15, -0.1) is 0 Å². The summed E-state index contributed by atoms with van der Waals surface area (Å²) in [5, 5.41) is 8.36. The van der Waals surface area contributed by atoms with E-state index in [-0.39, 0.29) is 5.12 Å². The summed E-state index contributed by atoms with van der Waals surface area (Å²) in [4.78, 5) is 11.0. The number of hydrogen-bond donors (Lipinski definition) is 0. The molecule has 120 valence electrons. The Morgan fingerprint density at radius 3 is 2.25 bits per heavy atom. The second kappa shape index (κ2) is 6.45. The molecule has 4 rings (SSSR count). The van der Waals surface area contributed by atoms with Crippen LogP contribution in [0, 0.1) is 0 Å². The maximum Gasteiger partial charge on any atom is 0.185 e. The van der Waals surface area contributed by atoms with E-state index in [0.717, 1.165) is 25.0 Å². The summed E-state index contributed by atoms with van der Waals surface area (Å²) in [5.74, 6) is 0.932. The van der Waals surface area contributed by atoms with Crippen molar-refractivity contribution in [2.75, 3.05) is 5.75 Å². The number of benzene rings is 4. The van der Waals surface area contributed by atoms with Gasteiger partial charge in [-0.2, -0.15) is 0 Å². The van der Waals surface area contributed by atoms with Crippen molar-refractivity contribution in [1.82, 2.24) is 0 Å². The van der Waals surface area contributed by atoms with Gasteiger partial charge < -0.3 is 0 Å². The molecule has 0 fully saturated rings. The van der Waals surface area contributed by atoms with Crippen LogP contribution in [-0.2, 0) is 11.2 Å². The number of hydrogen-bond acceptors (Lipinski definition) is 2. The minimum absolute atomic E-state index is 0.220. The summed E-state index contributed by atoms with van der Waals surface area (Å²) in [6.45, 7) is 1.64. The Labute approximate surface area is 146 Å². The van der Waals surface area contributed by atoms with E-state index in [9.17, 15) is 4.79 Å². The van der Waals surface area contributed by atoms with Gasteiger partial charge in [0.2, 0.25) is 0 Å². The van der Waals surface area contributed by atoms with Gasteiger partial charge in [0.05, 0.1) is 0 Å². The van der Waals surface area contributed by atoms with Crippen molar-refractivity contribution in [2.45, 2.75) is 26.2 Å². The molecule has 0 atom stereocenters. The molecule has 1 nitrogen and oxygen atoms in total. The average Bonchev–Trinajstić information content (AvgIpc) is 2.60. The lowest BCUT2D eigenvalue weighted by molar-refractivity contribution is -0.109. The van der Waals surface area contributed by atoms with Crippen LogP contribution in [0.1, 0.15) is 25.3 Å². The topological polar surface area (TPSA) is 17.1 Å². The van der Waals surface area contributed by atoms with Gasteiger partial charge in [-0.05, 0) is 57.1 Å². The van der Waals surface area contributed by atoms with Gasteiger partial charge in [0, 0.05) is 12.7 Å². The first-order chi connectivity index (χ1) is 11.7. The molecule has 0 unspecified atom stereocenters. The molecule has 0 N–H and O–H groups in total. The zero-order valence-electron chi connectivity index (χ0n) is 13.8. The molecule has 2 heteroatoms. The van der Waals surface area contributed by atoms with Crippen molar-refractivity contribution in [3.05, 3.63) is 60.2 Å². The molecule has 0 amide bonds. The van der Waals surface area contributed by atoms with E-state index in [1.807, 2.05) is 0 Å². The van der Waals surface area contributed by atoms with Crippen molar-refractivity contribution in [2.24, 2.45) is 0 Å². The van der Waals surface area contributed by atoms with Crippen LogP contribution in [0.15, 0.2) is 54.6 Å². The highest BCUT2D eigenvalue weighted by Gasteiger charge is 2.10. The Kier molecular flexibility index (Phi) is 4.15. The fourth-order valence-corrected chi connectivity index (χ4v) is 4.28. The Morgan fingerprint density at radius 1 is 0.833 bits per heavy atom. The van der Waals surface area contributed by atoms with Crippen LogP contribution in [0.2, 0.25) is 0 Å². The van der Waals surface area contributed by atoms with Gasteiger partial charge >= 0.3 is 0 Å². The SMILES string of the molecule is CC(=O)SCCCCc1ccc2ccc3cccc4ccc1c2c34. The lowest BCUT2D eigenvalue weighted by Gasteiger charge is -2.13. The maximum absolute atomic E-state index is 11.0. The third kappa shape index (κ3) is 2.76. The lowest BCUT2D eigenvalue weighted by Crippen LogP contribution is -1.92. The summed E-state index contributed by atoms with van der Waals surface area (Å²) in [5.41, 5.74) is 1.42. The standard InChI is InChI=1S/C22H20OS/c1-15(23)24-14-3-2-5-16-8-9-19-11-10-17-6-4-7-18-12-13-20(16)22(19)21(17)18/h4,6-13H,2-3,5,14H2,1H3. The van der Waals surface area contributed by atoms with Gasteiger partial charge in [0.15, 0.2) is 5.12 Å². The first-order valence-electron chi connectivity index (χ1n) is 8.53. The molecule has 0 spiro atoms. The number of thioether (sulfide) groups is 1. The zero-order valence-corrected chi connectivity index (χ0v) is 14.7. The van der Waals surface area contributed by atoms with E-state index >= 15 is 0 Å². The molecule has 4 aromatic carbocycles. The predicted molar refractivity (Wildman–Crippen MR) is 106 cm³/mol. The summed E-state index contributed by atoms with van der Waals surface area (Å²) in [6.07, 6.45) is 3.29. The predicted octanol–water partition coefficient (Wildman–Crippen LogP) is 6.19. The molecule has 0 aromatic heterocycles. The third-order valence-corrected chi connectivity index (χ3v) is 5.66. The van der Waals surface area contributed by atoms with E-state index in [0.29, 0.717) is 0 Å². The molecule has 0 aliphatic heterocycles. The van der Waals surface area contributed by atoms with Crippen molar-refractivity contribution in [3.63, 3.8) is 0 Å². The first kappa shape index (κ1) is 15.5. The summed E-state index contributed by atoms with van der Waals surface area (Å²) in [6, 6.07) is 20.1. The monoisotopic (exact) mass is 332 g/mol. The van der Waals surface area contributed by atoms with E-state index in [4.69, 9.17) is 0 Å². The molecule has 0 aliphatic rings. The maximum atomic E-state index is 11.0. The number of carbonyl (C=O) groups excluding carboxylic acids is 1. The van der Waals surface area contributed by atoms with Crippen LogP contribution in [0.4, 0.5) is 0 Å². The second-order valence-corrected chi connectivity index (χ2v) is 7.65. The van der Waals surface area contributed by atoms with Gasteiger partial charge in [-0.3, -0.25) is 4.79 Å². The normalized spacial score (nSPS) is 11.7. The van der Waals surface area contributed by atoms with Gasteiger partial charge in [-0.25, -0.2) is 0 Å². The summed E-state index contributed by atoms with van der Waals surface area (Å²) in [7, 11) is 0. The Balaban J connectivity index is 1.70. The van der Waals surface area contributed by atoms with E-state index in [1.165, 1.54) is 49.6 Å². The Morgan fingerprint density at radius 2 is 1.50 bits per heavy atom. The molecule has 24 heavy (non-hydrogen) atoms. The minimum atomic E-state index is 0.220. The number of unbranched alkanes of at least 4 members (excludes halogenated alkanes) is 1. The fraction of sp³-hybridized carbons (Fsp3) is 0.227. The highest BCUT2D eigenvalue weighted by molar-refractivity contribution is 8.13. The third-order valence-electron chi connectivity index (χ3n) is 4.76. The van der Waals surface area contributed by atoms with Crippen molar-refractivity contribution >= 4 is 49.2 Å². The van der Waals surface area contributed by atoms with E-state index in [1.54, 1.807) is 6.92 Å². The van der Waals surface area contributed by atoms with Crippen molar-refractivity contribution in [1.29, 1.82) is 0 Å². The molecule has 0 radical (unpaired) electrons. The largest absolute Gasteiger partial charge is 0.288 e. The fourth-order valence-electron chi connectivity index (χ4n) is 3.65. The van der Waals surface area contributed by atoms with Crippen LogP contribution in [0.5, 0.6) is 0 Å². The van der Waals surface area contributed by atoms with Crippen molar-refractivity contribution < 1.29 is 4.79 Å². The van der Waals surface area contributed by atoms with Gasteiger partial charge in [0.1, 0.15) is 0 Å². The number of aryl methyl sites for hydroxylation is 1. The summed E-state index contributed by atoms with van der Waals surface area (Å²) >= 11 is 1.44. The Bertz CT molecular complexity index is 1000. The first-order valence-corrected chi connectivity index (χ1v) is 9.51. The molecule has 0 saturated carbocycles. The van der Waals surface area contributed by atoms with Crippen LogP contribution in [0.3, 0.4) is 0 Å². The molecular formula is C22H20OS. The lowest BCUT2D eigenvalue weighted by atomic mass is 9.91. The molecule has 0 heterocycles. The minimum Gasteiger partial charge on any atom is -0.288 e. The zero-order chi connectivity index (χ0) is 16.5. The quantitative estimate of drug-likeness (QED) is 0.320. The number of carbonyl (C=O) groups is 1. The van der Waals surface area contributed by atoms with Crippen molar-refractivity contribution in [3.8, 4) is 0 Å². The van der Waals surface area contributed by atoms with E-state index in [2.05, 4.69) is 54.6 Å². The van der Waals surface area contributed by atoms with Crippen LogP contribution in [0.25, 0.3) is 32.3 Å². The highest BCUT2D eigenvalue weighted by atomic mass is 32.2. The smallest absolute Gasteiger partial charge is 0.185 e. The highest BCUT2D eigenvalue weighted by Crippen LogP contribution is 2.36. The van der Waals surface area contributed by atoms with Gasteiger partial charge in [-0.1, -0.05) is 66.4 Å². The average molecular weight is 332 g/mol. The van der Waals surface area contributed by atoms with Crippen LogP contribution in [-0.4, -0.2) is 10.9 Å². The molecule has 4 aromatic rings. The summed E-state index contributed by atoms with van der Waals surface area (Å²) < 4.78 is 0. The molecule has 0 bridgehead atoms. The molecular weight excluding hydrogens is 312 g/mol. The van der Waals surface area contributed by atoms with E-state index < -0.39 is 0 Å². The molecule has 0 saturated heterocycles. The Hall–Kier alpha value is -2.06. The van der Waals surface area contributed by atoms with Gasteiger partial charge in [0.25, 0.3) is 0 Å². The molecule has 0 aliphatic carbocycles. The van der Waals surface area contributed by atoms with Crippen LogP contribution < -0.4 is 0 Å².